The fourth-order valence-corrected chi connectivity index (χ4v) is 3.24. The molecule has 2 aromatic carbocycles. The zero-order valence-electron chi connectivity index (χ0n) is 12.4. The van der Waals surface area contributed by atoms with Gasteiger partial charge in [0.05, 0.1) is 12.0 Å². The molecule has 0 unspecified atom stereocenters. The number of aryl methyl sites for hydroxylation is 1. The third-order valence-electron chi connectivity index (χ3n) is 3.26. The molecule has 0 aliphatic rings. The van der Waals surface area contributed by atoms with Gasteiger partial charge in [-0.3, -0.25) is 0 Å². The van der Waals surface area contributed by atoms with E-state index in [-0.39, 0.29) is 4.90 Å². The van der Waals surface area contributed by atoms with Crippen molar-refractivity contribution in [2.75, 3.05) is 14.2 Å². The molecule has 0 saturated heterocycles. The maximum atomic E-state index is 12.5. The highest BCUT2D eigenvalue weighted by Crippen LogP contribution is 2.20. The van der Waals surface area contributed by atoms with Crippen molar-refractivity contribution in [3.8, 4) is 5.75 Å². The number of hydrogen-bond donors (Lipinski definition) is 0. The number of benzene rings is 2. The molecule has 0 fully saturated rings. The number of hydrogen-bond acceptors (Lipinski definition) is 3. The molecule has 0 spiro atoms. The molecule has 2 rings (SSSR count). The Morgan fingerprint density at radius 1 is 1.10 bits per heavy atom. The van der Waals surface area contributed by atoms with Crippen LogP contribution in [-0.2, 0) is 16.6 Å². The topological polar surface area (TPSA) is 46.6 Å². The first-order chi connectivity index (χ1) is 9.93. The van der Waals surface area contributed by atoms with Gasteiger partial charge in [0.25, 0.3) is 0 Å². The van der Waals surface area contributed by atoms with E-state index in [1.807, 2.05) is 31.2 Å². The minimum atomic E-state index is -3.50. The van der Waals surface area contributed by atoms with Crippen molar-refractivity contribution in [1.82, 2.24) is 4.31 Å². The maximum Gasteiger partial charge on any atom is 0.243 e. The molecule has 112 valence electrons. The maximum absolute atomic E-state index is 12.5. The molecule has 0 aliphatic carbocycles. The Balaban J connectivity index is 2.21. The van der Waals surface area contributed by atoms with Crippen LogP contribution in [0.3, 0.4) is 0 Å². The molecule has 0 amide bonds. The number of rotatable bonds is 5. The van der Waals surface area contributed by atoms with Crippen molar-refractivity contribution < 1.29 is 13.2 Å². The fourth-order valence-electron chi connectivity index (χ4n) is 2.08. The fraction of sp³-hybridized carbons (Fsp3) is 0.250. The Labute approximate surface area is 126 Å². The molecule has 0 radical (unpaired) electrons. The summed E-state index contributed by atoms with van der Waals surface area (Å²) >= 11 is 0. The van der Waals surface area contributed by atoms with Crippen molar-refractivity contribution in [3.63, 3.8) is 0 Å². The SMILES string of the molecule is COc1ccc(S(=O)(=O)N(C)Cc2cccc(C)c2)cc1. The lowest BCUT2D eigenvalue weighted by Gasteiger charge is -2.17. The second kappa shape index (κ2) is 6.28. The van der Waals surface area contributed by atoms with Gasteiger partial charge in [0.1, 0.15) is 5.75 Å². The molecule has 0 N–H and O–H groups in total. The Morgan fingerprint density at radius 2 is 1.76 bits per heavy atom. The number of methoxy groups -OCH3 is 1. The minimum Gasteiger partial charge on any atom is -0.497 e. The molecular formula is C16H19NO3S. The molecule has 5 heteroatoms. The summed E-state index contributed by atoms with van der Waals surface area (Å²) in [4.78, 5) is 0.262. The number of sulfonamides is 1. The summed E-state index contributed by atoms with van der Waals surface area (Å²) < 4.78 is 31.4. The molecule has 4 nitrogen and oxygen atoms in total. The van der Waals surface area contributed by atoms with Crippen LogP contribution in [0.2, 0.25) is 0 Å². The normalized spacial score (nSPS) is 11.6. The van der Waals surface area contributed by atoms with E-state index in [0.29, 0.717) is 12.3 Å². The van der Waals surface area contributed by atoms with Crippen molar-refractivity contribution in [3.05, 3.63) is 59.7 Å². The van der Waals surface area contributed by atoms with E-state index in [1.54, 1.807) is 38.4 Å². The Hall–Kier alpha value is -1.85. The molecule has 2 aromatic rings. The highest BCUT2D eigenvalue weighted by molar-refractivity contribution is 7.89. The van der Waals surface area contributed by atoms with E-state index in [9.17, 15) is 8.42 Å². The van der Waals surface area contributed by atoms with Gasteiger partial charge in [0, 0.05) is 13.6 Å². The third kappa shape index (κ3) is 3.62. The first-order valence-electron chi connectivity index (χ1n) is 6.59. The van der Waals surface area contributed by atoms with E-state index >= 15 is 0 Å². The van der Waals surface area contributed by atoms with Crippen LogP contribution in [0.1, 0.15) is 11.1 Å². The molecule has 21 heavy (non-hydrogen) atoms. The summed E-state index contributed by atoms with van der Waals surface area (Å²) in [6.07, 6.45) is 0. The van der Waals surface area contributed by atoms with Gasteiger partial charge in [-0.15, -0.1) is 0 Å². The minimum absolute atomic E-state index is 0.262. The van der Waals surface area contributed by atoms with Crippen LogP contribution in [0.4, 0.5) is 0 Å². The molecule has 0 aliphatic heterocycles. The van der Waals surface area contributed by atoms with Crippen LogP contribution in [0.15, 0.2) is 53.4 Å². The lowest BCUT2D eigenvalue weighted by atomic mass is 10.1. The molecule has 0 saturated carbocycles. The zero-order chi connectivity index (χ0) is 15.5. The predicted octanol–water partition coefficient (Wildman–Crippen LogP) is 2.82. The lowest BCUT2D eigenvalue weighted by molar-refractivity contribution is 0.414. The van der Waals surface area contributed by atoms with Crippen LogP contribution >= 0.6 is 0 Å². The molecule has 0 atom stereocenters. The van der Waals surface area contributed by atoms with Crippen LogP contribution < -0.4 is 4.74 Å². The second-order valence-corrected chi connectivity index (χ2v) is 6.97. The van der Waals surface area contributed by atoms with E-state index in [4.69, 9.17) is 4.74 Å². The highest BCUT2D eigenvalue weighted by Gasteiger charge is 2.20. The van der Waals surface area contributed by atoms with E-state index in [0.717, 1.165) is 11.1 Å². The predicted molar refractivity (Wildman–Crippen MR) is 82.8 cm³/mol. The van der Waals surface area contributed by atoms with Crippen LogP contribution in [0, 0.1) is 6.92 Å². The van der Waals surface area contributed by atoms with Crippen molar-refractivity contribution >= 4 is 10.0 Å². The Bertz CT molecular complexity index is 709. The largest absolute Gasteiger partial charge is 0.497 e. The van der Waals surface area contributed by atoms with Gasteiger partial charge in [-0.1, -0.05) is 29.8 Å². The molecular weight excluding hydrogens is 286 g/mol. The highest BCUT2D eigenvalue weighted by atomic mass is 32.2. The Kier molecular flexibility index (Phi) is 4.65. The van der Waals surface area contributed by atoms with Crippen molar-refractivity contribution in [2.45, 2.75) is 18.4 Å². The summed E-state index contributed by atoms with van der Waals surface area (Å²) in [5.41, 5.74) is 2.08. The van der Waals surface area contributed by atoms with Crippen LogP contribution in [0.5, 0.6) is 5.75 Å². The summed E-state index contributed by atoms with van der Waals surface area (Å²) in [6.45, 7) is 2.33. The second-order valence-electron chi connectivity index (χ2n) is 4.93. The molecule has 0 heterocycles. The first kappa shape index (κ1) is 15.5. The average molecular weight is 305 g/mol. The van der Waals surface area contributed by atoms with Crippen LogP contribution in [0.25, 0.3) is 0 Å². The summed E-state index contributed by atoms with van der Waals surface area (Å²) in [6, 6.07) is 14.2. The van der Waals surface area contributed by atoms with Gasteiger partial charge in [-0.25, -0.2) is 8.42 Å². The zero-order valence-corrected chi connectivity index (χ0v) is 13.2. The van der Waals surface area contributed by atoms with Gasteiger partial charge < -0.3 is 4.74 Å². The first-order valence-corrected chi connectivity index (χ1v) is 8.03. The summed E-state index contributed by atoms with van der Waals surface area (Å²) in [5, 5.41) is 0. The monoisotopic (exact) mass is 305 g/mol. The Morgan fingerprint density at radius 3 is 2.33 bits per heavy atom. The van der Waals surface area contributed by atoms with Gasteiger partial charge in [0.15, 0.2) is 0 Å². The van der Waals surface area contributed by atoms with Gasteiger partial charge in [0.2, 0.25) is 10.0 Å². The lowest BCUT2D eigenvalue weighted by Crippen LogP contribution is -2.26. The molecule has 0 bridgehead atoms. The standard InChI is InChI=1S/C16H19NO3S/c1-13-5-4-6-14(11-13)12-17(2)21(18,19)16-9-7-15(20-3)8-10-16/h4-11H,12H2,1-3H3. The molecule has 0 aromatic heterocycles. The third-order valence-corrected chi connectivity index (χ3v) is 5.07. The average Bonchev–Trinajstić information content (AvgIpc) is 2.47. The van der Waals surface area contributed by atoms with Crippen molar-refractivity contribution in [2.24, 2.45) is 0 Å². The summed E-state index contributed by atoms with van der Waals surface area (Å²) in [5.74, 6) is 0.635. The van der Waals surface area contributed by atoms with Crippen molar-refractivity contribution in [1.29, 1.82) is 0 Å². The quantitative estimate of drug-likeness (QED) is 0.853. The number of ether oxygens (including phenoxy) is 1. The van der Waals surface area contributed by atoms with Gasteiger partial charge in [-0.05, 0) is 36.8 Å². The smallest absolute Gasteiger partial charge is 0.243 e. The van der Waals surface area contributed by atoms with Gasteiger partial charge >= 0.3 is 0 Å². The van der Waals surface area contributed by atoms with E-state index in [2.05, 4.69) is 0 Å². The van der Waals surface area contributed by atoms with E-state index in [1.165, 1.54) is 4.31 Å². The summed E-state index contributed by atoms with van der Waals surface area (Å²) in [7, 11) is -0.363. The van der Waals surface area contributed by atoms with Gasteiger partial charge in [-0.2, -0.15) is 4.31 Å². The number of nitrogens with zero attached hydrogens (tertiary/aromatic N) is 1. The van der Waals surface area contributed by atoms with E-state index < -0.39 is 10.0 Å². The van der Waals surface area contributed by atoms with Crippen LogP contribution in [-0.4, -0.2) is 26.9 Å².